The van der Waals surface area contributed by atoms with E-state index in [2.05, 4.69) is 32.7 Å². The van der Waals surface area contributed by atoms with Crippen LogP contribution in [-0.2, 0) is 17.8 Å². The second-order valence-electron chi connectivity index (χ2n) is 5.35. The minimum absolute atomic E-state index is 0.0653. The predicted molar refractivity (Wildman–Crippen MR) is 89.1 cm³/mol. The van der Waals surface area contributed by atoms with Gasteiger partial charge in [-0.25, -0.2) is 14.8 Å². The Labute approximate surface area is 136 Å². The summed E-state index contributed by atoms with van der Waals surface area (Å²) < 4.78 is 5.01. The van der Waals surface area contributed by atoms with Crippen LogP contribution in [0.5, 0.6) is 0 Å². The highest BCUT2D eigenvalue weighted by atomic mass is 16.5. The van der Waals surface area contributed by atoms with Crippen molar-refractivity contribution < 1.29 is 9.53 Å². The lowest BCUT2D eigenvalue weighted by atomic mass is 10.1. The lowest BCUT2D eigenvalue weighted by Crippen LogP contribution is -2.36. The van der Waals surface area contributed by atoms with Crippen molar-refractivity contribution in [1.82, 2.24) is 15.3 Å². The number of amides is 2. The molecule has 23 heavy (non-hydrogen) atoms. The first kappa shape index (κ1) is 16.9. The van der Waals surface area contributed by atoms with E-state index in [1.165, 1.54) is 11.9 Å². The number of hydrogen-bond donors (Lipinski definition) is 2. The smallest absolute Gasteiger partial charge is 0.320 e. The molecule has 0 bridgehead atoms. The van der Waals surface area contributed by atoms with Crippen molar-refractivity contribution in [1.29, 1.82) is 0 Å². The first-order chi connectivity index (χ1) is 11.2. The summed E-state index contributed by atoms with van der Waals surface area (Å²) in [5.41, 5.74) is 1.98. The maximum absolute atomic E-state index is 12.0. The molecule has 1 aromatic heterocycles. The first-order valence-electron chi connectivity index (χ1n) is 7.58. The predicted octanol–water partition coefficient (Wildman–Crippen LogP) is 2.77. The number of methoxy groups -OCH3 is 1. The molecule has 0 aliphatic carbocycles. The van der Waals surface area contributed by atoms with Crippen LogP contribution in [-0.4, -0.2) is 29.2 Å². The SMILES string of the molecule is COCc1cc(NC(=O)N[C@@H](C)CCc2ccccc2)ncn1. The zero-order valence-electron chi connectivity index (χ0n) is 13.5. The summed E-state index contributed by atoms with van der Waals surface area (Å²) in [5, 5.41) is 5.62. The van der Waals surface area contributed by atoms with Gasteiger partial charge in [-0.1, -0.05) is 30.3 Å². The number of carbonyl (C=O) groups is 1. The number of carbonyl (C=O) groups excluding carboxylic acids is 1. The quantitative estimate of drug-likeness (QED) is 0.824. The molecule has 0 fully saturated rings. The van der Waals surface area contributed by atoms with Gasteiger partial charge in [-0.3, -0.25) is 5.32 Å². The molecule has 0 spiro atoms. The van der Waals surface area contributed by atoms with Crippen molar-refractivity contribution in [3.8, 4) is 0 Å². The molecule has 2 N–H and O–H groups in total. The van der Waals surface area contributed by atoms with E-state index in [9.17, 15) is 4.79 Å². The van der Waals surface area contributed by atoms with Gasteiger partial charge in [-0.2, -0.15) is 0 Å². The number of anilines is 1. The third-order valence-corrected chi connectivity index (χ3v) is 3.34. The molecule has 0 unspecified atom stereocenters. The van der Waals surface area contributed by atoms with Crippen LogP contribution < -0.4 is 10.6 Å². The molecule has 1 atom stereocenters. The second kappa shape index (κ2) is 8.85. The molecule has 6 heteroatoms. The molecule has 0 aliphatic heterocycles. The Morgan fingerprint density at radius 3 is 2.78 bits per heavy atom. The Balaban J connectivity index is 1.78. The summed E-state index contributed by atoms with van der Waals surface area (Å²) in [6.07, 6.45) is 3.20. The molecule has 1 aromatic carbocycles. The summed E-state index contributed by atoms with van der Waals surface area (Å²) in [6.45, 7) is 2.37. The van der Waals surface area contributed by atoms with Crippen molar-refractivity contribution in [2.75, 3.05) is 12.4 Å². The Bertz CT molecular complexity index is 619. The second-order valence-corrected chi connectivity index (χ2v) is 5.35. The number of hydrogen-bond acceptors (Lipinski definition) is 4. The van der Waals surface area contributed by atoms with Crippen LogP contribution >= 0.6 is 0 Å². The summed E-state index contributed by atoms with van der Waals surface area (Å²) in [7, 11) is 1.59. The molecule has 1 heterocycles. The number of benzene rings is 1. The fraction of sp³-hybridized carbons (Fsp3) is 0.353. The number of aryl methyl sites for hydroxylation is 1. The van der Waals surface area contributed by atoms with Crippen LogP contribution in [0.25, 0.3) is 0 Å². The van der Waals surface area contributed by atoms with E-state index < -0.39 is 0 Å². The average Bonchev–Trinajstić information content (AvgIpc) is 2.54. The molecule has 2 amide bonds. The summed E-state index contributed by atoms with van der Waals surface area (Å²) in [4.78, 5) is 20.1. The fourth-order valence-electron chi connectivity index (χ4n) is 2.17. The molecule has 6 nitrogen and oxygen atoms in total. The normalized spacial score (nSPS) is 11.7. The zero-order valence-corrected chi connectivity index (χ0v) is 13.5. The van der Waals surface area contributed by atoms with Gasteiger partial charge in [0.1, 0.15) is 12.1 Å². The number of nitrogens with zero attached hydrogens (tertiary/aromatic N) is 2. The van der Waals surface area contributed by atoms with Gasteiger partial charge in [-0.15, -0.1) is 0 Å². The summed E-state index contributed by atoms with van der Waals surface area (Å²) >= 11 is 0. The first-order valence-corrected chi connectivity index (χ1v) is 7.58. The van der Waals surface area contributed by atoms with Gasteiger partial charge in [0.25, 0.3) is 0 Å². The highest BCUT2D eigenvalue weighted by Crippen LogP contribution is 2.07. The monoisotopic (exact) mass is 314 g/mol. The van der Waals surface area contributed by atoms with Crippen LogP contribution in [0.3, 0.4) is 0 Å². The van der Waals surface area contributed by atoms with Crippen LogP contribution in [0.2, 0.25) is 0 Å². The van der Waals surface area contributed by atoms with Crippen molar-refractivity contribution in [2.45, 2.75) is 32.4 Å². The van der Waals surface area contributed by atoms with E-state index in [0.717, 1.165) is 18.5 Å². The third-order valence-electron chi connectivity index (χ3n) is 3.34. The molecule has 0 aliphatic rings. The van der Waals surface area contributed by atoms with Crippen LogP contribution in [0.4, 0.5) is 10.6 Å². The molecule has 2 rings (SSSR count). The van der Waals surface area contributed by atoms with E-state index in [1.54, 1.807) is 13.2 Å². The van der Waals surface area contributed by atoms with E-state index in [0.29, 0.717) is 12.4 Å². The molecular weight excluding hydrogens is 292 g/mol. The van der Waals surface area contributed by atoms with Crippen LogP contribution in [0, 0.1) is 0 Å². The lowest BCUT2D eigenvalue weighted by molar-refractivity contribution is 0.181. The standard InChI is InChI=1S/C17H22N4O2/c1-13(8-9-14-6-4-3-5-7-14)20-17(22)21-16-10-15(11-23-2)18-12-19-16/h3-7,10,12-13H,8-9,11H2,1-2H3,(H2,18,19,20,21,22)/t13-/m0/s1. The number of nitrogens with one attached hydrogen (secondary N) is 2. The maximum Gasteiger partial charge on any atom is 0.320 e. The van der Waals surface area contributed by atoms with E-state index in [1.807, 2.05) is 25.1 Å². The molecule has 0 saturated carbocycles. The molecule has 2 aromatic rings. The van der Waals surface area contributed by atoms with Gasteiger partial charge < -0.3 is 10.1 Å². The highest BCUT2D eigenvalue weighted by Gasteiger charge is 2.09. The lowest BCUT2D eigenvalue weighted by Gasteiger charge is -2.14. The topological polar surface area (TPSA) is 76.1 Å². The Morgan fingerprint density at radius 2 is 2.04 bits per heavy atom. The average molecular weight is 314 g/mol. The number of urea groups is 1. The van der Waals surface area contributed by atoms with Crippen molar-refractivity contribution in [3.05, 3.63) is 54.0 Å². The largest absolute Gasteiger partial charge is 0.378 e. The van der Waals surface area contributed by atoms with E-state index in [-0.39, 0.29) is 12.1 Å². The highest BCUT2D eigenvalue weighted by molar-refractivity contribution is 5.88. The van der Waals surface area contributed by atoms with E-state index >= 15 is 0 Å². The van der Waals surface area contributed by atoms with Crippen LogP contribution in [0.1, 0.15) is 24.6 Å². The van der Waals surface area contributed by atoms with Gasteiger partial charge in [-0.05, 0) is 25.3 Å². The number of aromatic nitrogens is 2. The van der Waals surface area contributed by atoms with Crippen molar-refractivity contribution in [3.63, 3.8) is 0 Å². The number of rotatable bonds is 7. The minimum atomic E-state index is -0.271. The fourth-order valence-corrected chi connectivity index (χ4v) is 2.17. The van der Waals surface area contributed by atoms with Gasteiger partial charge in [0.2, 0.25) is 0 Å². The zero-order chi connectivity index (χ0) is 16.5. The summed E-state index contributed by atoms with van der Waals surface area (Å²) in [6, 6.07) is 11.7. The Kier molecular flexibility index (Phi) is 6.50. The van der Waals surface area contributed by atoms with Gasteiger partial charge in [0, 0.05) is 19.2 Å². The number of ether oxygens (including phenoxy) is 1. The maximum atomic E-state index is 12.0. The Morgan fingerprint density at radius 1 is 1.26 bits per heavy atom. The van der Waals surface area contributed by atoms with Crippen molar-refractivity contribution in [2.24, 2.45) is 0 Å². The molecule has 0 radical (unpaired) electrons. The third kappa shape index (κ3) is 6.04. The van der Waals surface area contributed by atoms with Gasteiger partial charge in [0.15, 0.2) is 0 Å². The van der Waals surface area contributed by atoms with Gasteiger partial charge in [0.05, 0.1) is 12.3 Å². The van der Waals surface area contributed by atoms with Crippen LogP contribution in [0.15, 0.2) is 42.7 Å². The molecule has 0 saturated heterocycles. The van der Waals surface area contributed by atoms with Gasteiger partial charge >= 0.3 is 6.03 Å². The van der Waals surface area contributed by atoms with Crippen molar-refractivity contribution >= 4 is 11.8 Å². The minimum Gasteiger partial charge on any atom is -0.378 e. The molecular formula is C17H22N4O2. The summed E-state index contributed by atoms with van der Waals surface area (Å²) in [5.74, 6) is 0.458. The Hall–Kier alpha value is -2.47. The molecule has 122 valence electrons. The van der Waals surface area contributed by atoms with E-state index in [4.69, 9.17) is 4.74 Å².